The number of benzene rings is 1. The third-order valence-electron chi connectivity index (χ3n) is 1.64. The lowest BCUT2D eigenvalue weighted by atomic mass is 10.1. The van der Waals surface area contributed by atoms with Crippen molar-refractivity contribution >= 4 is 23.2 Å². The van der Waals surface area contributed by atoms with Crippen LogP contribution in [0, 0.1) is 11.3 Å². The number of nitrogens with zero attached hydrogens (tertiary/aromatic N) is 1. The van der Waals surface area contributed by atoms with Crippen LogP contribution < -0.4 is 0 Å². The van der Waals surface area contributed by atoms with E-state index in [1.165, 1.54) is 0 Å². The van der Waals surface area contributed by atoms with Crippen LogP contribution >= 0.6 is 23.2 Å². The van der Waals surface area contributed by atoms with E-state index < -0.39 is 0 Å². The van der Waals surface area contributed by atoms with Crippen molar-refractivity contribution < 1.29 is 0 Å². The highest BCUT2D eigenvalue weighted by atomic mass is 35.5. The molecule has 0 aromatic heterocycles. The van der Waals surface area contributed by atoms with Crippen molar-refractivity contribution in [3.05, 3.63) is 33.3 Å². The number of nitriles is 1. The molecule has 0 atom stereocenters. The van der Waals surface area contributed by atoms with Crippen molar-refractivity contribution in [1.82, 2.24) is 0 Å². The zero-order chi connectivity index (χ0) is 9.14. The molecule has 0 saturated carbocycles. The van der Waals surface area contributed by atoms with E-state index in [4.69, 9.17) is 28.5 Å². The molecule has 0 spiro atoms. The predicted octanol–water partition coefficient (Wildman–Crippen LogP) is 3.43. The van der Waals surface area contributed by atoms with Gasteiger partial charge in [-0.15, -0.1) is 0 Å². The predicted molar refractivity (Wildman–Crippen MR) is 50.6 cm³/mol. The number of hydrogen-bond acceptors (Lipinski definition) is 1. The maximum atomic E-state index is 8.61. The van der Waals surface area contributed by atoms with Crippen LogP contribution in [0.4, 0.5) is 0 Å². The second-order valence-corrected chi connectivity index (χ2v) is 3.20. The smallest absolute Gasteiger partial charge is 0.101 e. The summed E-state index contributed by atoms with van der Waals surface area (Å²) >= 11 is 11.7. The van der Waals surface area contributed by atoms with Crippen LogP contribution in [0.15, 0.2) is 12.1 Å². The molecule has 62 valence electrons. The first-order chi connectivity index (χ1) is 5.69. The van der Waals surface area contributed by atoms with Crippen LogP contribution in [0.1, 0.15) is 18.1 Å². The van der Waals surface area contributed by atoms with Gasteiger partial charge in [-0.3, -0.25) is 0 Å². The van der Waals surface area contributed by atoms with Crippen molar-refractivity contribution in [3.8, 4) is 6.07 Å². The molecule has 0 radical (unpaired) electrons. The van der Waals surface area contributed by atoms with E-state index in [0.29, 0.717) is 15.6 Å². The molecule has 12 heavy (non-hydrogen) atoms. The molecule has 1 aromatic rings. The number of halogens is 2. The van der Waals surface area contributed by atoms with Gasteiger partial charge in [0.1, 0.15) is 6.07 Å². The van der Waals surface area contributed by atoms with Gasteiger partial charge >= 0.3 is 0 Å². The van der Waals surface area contributed by atoms with Crippen LogP contribution in [0.3, 0.4) is 0 Å². The zero-order valence-electron chi connectivity index (χ0n) is 6.56. The van der Waals surface area contributed by atoms with Crippen molar-refractivity contribution in [3.63, 3.8) is 0 Å². The van der Waals surface area contributed by atoms with E-state index in [2.05, 4.69) is 0 Å². The van der Waals surface area contributed by atoms with Crippen LogP contribution in [-0.2, 0) is 6.42 Å². The first-order valence-corrected chi connectivity index (χ1v) is 4.32. The quantitative estimate of drug-likeness (QED) is 0.681. The van der Waals surface area contributed by atoms with E-state index in [1.54, 1.807) is 12.1 Å². The molecule has 0 aliphatic carbocycles. The highest BCUT2D eigenvalue weighted by Crippen LogP contribution is 2.24. The molecule has 1 nitrogen and oxygen atoms in total. The van der Waals surface area contributed by atoms with E-state index in [1.807, 2.05) is 13.0 Å². The number of hydrogen-bond donors (Lipinski definition) is 0. The average molecular weight is 200 g/mol. The Morgan fingerprint density at radius 2 is 2.00 bits per heavy atom. The van der Waals surface area contributed by atoms with E-state index in [9.17, 15) is 0 Å². The lowest BCUT2D eigenvalue weighted by Gasteiger charge is -2.02. The summed E-state index contributed by atoms with van der Waals surface area (Å²) in [4.78, 5) is 0. The minimum atomic E-state index is 0.430. The largest absolute Gasteiger partial charge is 0.192 e. The summed E-state index contributed by atoms with van der Waals surface area (Å²) in [5.74, 6) is 0. The van der Waals surface area contributed by atoms with Gasteiger partial charge in [0, 0.05) is 5.02 Å². The molecule has 3 heteroatoms. The minimum absolute atomic E-state index is 0.430. The van der Waals surface area contributed by atoms with Gasteiger partial charge < -0.3 is 0 Å². The van der Waals surface area contributed by atoms with Crippen molar-refractivity contribution in [2.45, 2.75) is 13.3 Å². The molecule has 0 N–H and O–H groups in total. The molecule has 0 heterocycles. The van der Waals surface area contributed by atoms with Gasteiger partial charge in [-0.05, 0) is 24.1 Å². The van der Waals surface area contributed by atoms with Crippen molar-refractivity contribution in [1.29, 1.82) is 5.26 Å². The molecule has 0 bridgehead atoms. The highest BCUT2D eigenvalue weighted by molar-refractivity contribution is 6.34. The highest BCUT2D eigenvalue weighted by Gasteiger charge is 2.04. The fourth-order valence-corrected chi connectivity index (χ4v) is 1.47. The third kappa shape index (κ3) is 1.72. The normalized spacial score (nSPS) is 9.50. The van der Waals surface area contributed by atoms with Crippen LogP contribution in [-0.4, -0.2) is 0 Å². The summed E-state index contributed by atoms with van der Waals surface area (Å²) in [5, 5.41) is 9.69. The van der Waals surface area contributed by atoms with Gasteiger partial charge in [-0.25, -0.2) is 0 Å². The standard InChI is InChI=1S/C9H7Cl2N/c1-2-6-3-9(11)7(5-12)4-8(6)10/h3-4H,2H2,1H3. The van der Waals surface area contributed by atoms with Gasteiger partial charge in [-0.1, -0.05) is 30.1 Å². The SMILES string of the molecule is CCc1cc(Cl)c(C#N)cc1Cl. The number of aryl methyl sites for hydroxylation is 1. The van der Waals surface area contributed by atoms with Crippen LogP contribution in [0.2, 0.25) is 10.0 Å². The summed E-state index contributed by atoms with van der Waals surface area (Å²) in [6.07, 6.45) is 0.824. The Labute approximate surface area is 81.5 Å². The molecule has 0 saturated heterocycles. The Bertz CT molecular complexity index is 338. The van der Waals surface area contributed by atoms with Gasteiger partial charge in [-0.2, -0.15) is 5.26 Å². The summed E-state index contributed by atoms with van der Waals surface area (Å²) in [6.45, 7) is 1.99. The van der Waals surface area contributed by atoms with Gasteiger partial charge in [0.2, 0.25) is 0 Å². The minimum Gasteiger partial charge on any atom is -0.192 e. The second kappa shape index (κ2) is 3.80. The maximum Gasteiger partial charge on any atom is 0.101 e. The molecule has 0 amide bonds. The fourth-order valence-electron chi connectivity index (χ4n) is 0.945. The fraction of sp³-hybridized carbons (Fsp3) is 0.222. The molecular formula is C9H7Cl2N. The van der Waals surface area contributed by atoms with Gasteiger partial charge in [0.05, 0.1) is 10.6 Å². The molecule has 1 aromatic carbocycles. The van der Waals surface area contributed by atoms with E-state index >= 15 is 0 Å². The molecule has 0 unspecified atom stereocenters. The molecule has 0 fully saturated rings. The molecule has 0 aliphatic heterocycles. The molecule has 0 aliphatic rings. The molecular weight excluding hydrogens is 193 g/mol. The summed E-state index contributed by atoms with van der Waals surface area (Å²) in [6, 6.07) is 5.31. The van der Waals surface area contributed by atoms with Gasteiger partial charge in [0.25, 0.3) is 0 Å². The average Bonchev–Trinajstić information content (AvgIpc) is 2.08. The van der Waals surface area contributed by atoms with Crippen molar-refractivity contribution in [2.24, 2.45) is 0 Å². The zero-order valence-corrected chi connectivity index (χ0v) is 8.08. The van der Waals surface area contributed by atoms with Gasteiger partial charge in [0.15, 0.2) is 0 Å². The lowest BCUT2D eigenvalue weighted by molar-refractivity contribution is 1.14. The van der Waals surface area contributed by atoms with Crippen LogP contribution in [0.25, 0.3) is 0 Å². The summed E-state index contributed by atoms with van der Waals surface area (Å²) in [7, 11) is 0. The topological polar surface area (TPSA) is 23.8 Å². The van der Waals surface area contributed by atoms with Crippen molar-refractivity contribution in [2.75, 3.05) is 0 Å². The first kappa shape index (κ1) is 9.38. The Kier molecular flexibility index (Phi) is 2.97. The Morgan fingerprint density at radius 1 is 1.33 bits per heavy atom. The van der Waals surface area contributed by atoms with E-state index in [0.717, 1.165) is 12.0 Å². The second-order valence-electron chi connectivity index (χ2n) is 2.39. The summed E-state index contributed by atoms with van der Waals surface area (Å²) in [5.41, 5.74) is 1.40. The maximum absolute atomic E-state index is 8.61. The Morgan fingerprint density at radius 3 is 2.50 bits per heavy atom. The summed E-state index contributed by atoms with van der Waals surface area (Å²) < 4.78 is 0. The Balaban J connectivity index is 3.28. The number of rotatable bonds is 1. The Hall–Kier alpha value is -0.710. The first-order valence-electron chi connectivity index (χ1n) is 3.57. The monoisotopic (exact) mass is 199 g/mol. The molecule has 1 rings (SSSR count). The van der Waals surface area contributed by atoms with Crippen LogP contribution in [0.5, 0.6) is 0 Å². The lowest BCUT2D eigenvalue weighted by Crippen LogP contribution is -1.85. The van der Waals surface area contributed by atoms with E-state index in [-0.39, 0.29) is 0 Å². The third-order valence-corrected chi connectivity index (χ3v) is 2.30.